The van der Waals surface area contributed by atoms with Crippen molar-refractivity contribution >= 4 is 33.2 Å². The monoisotopic (exact) mass is 461 g/mol. The van der Waals surface area contributed by atoms with Gasteiger partial charge in [-0.2, -0.15) is 0 Å². The van der Waals surface area contributed by atoms with Gasteiger partial charge in [0.25, 0.3) is 5.91 Å². The highest BCUT2D eigenvalue weighted by Gasteiger charge is 2.32. The molecule has 0 spiro atoms. The van der Waals surface area contributed by atoms with Gasteiger partial charge in [0.1, 0.15) is 6.04 Å². The molecule has 0 aromatic heterocycles. The summed E-state index contributed by atoms with van der Waals surface area (Å²) >= 11 is 0. The Hall–Kier alpha value is -2.91. The molecule has 2 aromatic rings. The quantitative estimate of drug-likeness (QED) is 0.501. The zero-order chi connectivity index (χ0) is 23.7. The molecule has 1 unspecified atom stereocenters. The van der Waals surface area contributed by atoms with Crippen molar-refractivity contribution in [2.45, 2.75) is 32.7 Å². The van der Waals surface area contributed by atoms with Crippen molar-refractivity contribution in [2.75, 3.05) is 36.1 Å². The number of sulfonamides is 1. The van der Waals surface area contributed by atoms with Crippen LogP contribution in [0.5, 0.6) is 0 Å². The average molecular weight is 462 g/mol. The number of ether oxygens (including phenoxy) is 1. The molecule has 0 saturated heterocycles. The van der Waals surface area contributed by atoms with E-state index in [-0.39, 0.29) is 12.3 Å². The largest absolute Gasteiger partial charge is 0.385 e. The molecule has 1 atom stereocenters. The van der Waals surface area contributed by atoms with Gasteiger partial charge >= 0.3 is 0 Å². The van der Waals surface area contributed by atoms with Crippen molar-refractivity contribution in [3.8, 4) is 0 Å². The lowest BCUT2D eigenvalue weighted by atomic mass is 10.1. The highest BCUT2D eigenvalue weighted by molar-refractivity contribution is 7.92. The van der Waals surface area contributed by atoms with Gasteiger partial charge < -0.3 is 15.4 Å². The van der Waals surface area contributed by atoms with Crippen LogP contribution < -0.4 is 14.9 Å². The highest BCUT2D eigenvalue weighted by atomic mass is 32.2. The Labute approximate surface area is 190 Å². The van der Waals surface area contributed by atoms with Crippen molar-refractivity contribution in [3.63, 3.8) is 0 Å². The Morgan fingerprint density at radius 1 is 1.09 bits per heavy atom. The average Bonchev–Trinajstić information content (AvgIpc) is 2.75. The molecular formula is C23H31N3O5S. The molecule has 0 bridgehead atoms. The van der Waals surface area contributed by atoms with Crippen molar-refractivity contribution in [1.82, 2.24) is 5.32 Å². The number of rotatable bonds is 11. The molecule has 174 valence electrons. The molecule has 0 aliphatic rings. The molecule has 0 aliphatic heterocycles. The summed E-state index contributed by atoms with van der Waals surface area (Å²) in [5, 5.41) is 5.54. The topological polar surface area (TPSA) is 105 Å². The van der Waals surface area contributed by atoms with E-state index < -0.39 is 22.0 Å². The van der Waals surface area contributed by atoms with Crippen molar-refractivity contribution in [1.29, 1.82) is 0 Å². The molecule has 0 heterocycles. The first-order chi connectivity index (χ1) is 15.2. The van der Waals surface area contributed by atoms with Crippen LogP contribution >= 0.6 is 0 Å². The molecule has 0 radical (unpaired) electrons. The molecule has 32 heavy (non-hydrogen) atoms. The normalized spacial score (nSPS) is 12.1. The first kappa shape index (κ1) is 25.4. The number of anilines is 2. The number of hydrogen-bond donors (Lipinski definition) is 2. The summed E-state index contributed by atoms with van der Waals surface area (Å²) in [6, 6.07) is 12.6. The summed E-state index contributed by atoms with van der Waals surface area (Å²) in [4.78, 5) is 25.8. The molecule has 8 nitrogen and oxygen atoms in total. The fraction of sp³-hybridized carbons (Fsp3) is 0.391. The molecule has 9 heteroatoms. The maximum atomic E-state index is 13.2. The van der Waals surface area contributed by atoms with Gasteiger partial charge in [-0.25, -0.2) is 8.42 Å². The van der Waals surface area contributed by atoms with Crippen LogP contribution in [-0.2, 0) is 19.6 Å². The first-order valence-corrected chi connectivity index (χ1v) is 12.3. The van der Waals surface area contributed by atoms with E-state index in [1.54, 1.807) is 62.6 Å². The fourth-order valence-corrected chi connectivity index (χ4v) is 4.48. The summed E-state index contributed by atoms with van der Waals surface area (Å²) in [6.07, 6.45) is 1.98. The zero-order valence-corrected chi connectivity index (χ0v) is 19.7. The summed E-state index contributed by atoms with van der Waals surface area (Å²) in [5.41, 5.74) is 2.00. The van der Waals surface area contributed by atoms with Crippen molar-refractivity contribution < 1.29 is 22.7 Å². The molecule has 0 fully saturated rings. The highest BCUT2D eigenvalue weighted by Crippen LogP contribution is 2.24. The van der Waals surface area contributed by atoms with Crippen LogP contribution in [0.15, 0.2) is 48.5 Å². The lowest BCUT2D eigenvalue weighted by molar-refractivity contribution is -0.117. The second kappa shape index (κ2) is 11.6. The van der Waals surface area contributed by atoms with Gasteiger partial charge in [0.15, 0.2) is 0 Å². The third-order valence-electron chi connectivity index (χ3n) is 4.86. The smallest absolute Gasteiger partial charge is 0.253 e. The maximum absolute atomic E-state index is 13.2. The molecule has 2 aromatic carbocycles. The van der Waals surface area contributed by atoms with Gasteiger partial charge in [-0.15, -0.1) is 0 Å². The molecule has 0 aliphatic carbocycles. The van der Waals surface area contributed by atoms with Crippen LogP contribution in [0.1, 0.15) is 35.7 Å². The summed E-state index contributed by atoms with van der Waals surface area (Å²) in [6.45, 7) is 4.60. The van der Waals surface area contributed by atoms with Gasteiger partial charge in [0.05, 0.1) is 23.2 Å². The van der Waals surface area contributed by atoms with Crippen LogP contribution in [0, 0.1) is 6.92 Å². The van der Waals surface area contributed by atoms with E-state index in [4.69, 9.17) is 4.74 Å². The number of para-hydroxylation sites is 1. The molecule has 2 rings (SSSR count). The van der Waals surface area contributed by atoms with Crippen LogP contribution in [0.25, 0.3) is 0 Å². The van der Waals surface area contributed by atoms with Gasteiger partial charge in [0, 0.05) is 20.3 Å². The van der Waals surface area contributed by atoms with E-state index in [1.807, 2.05) is 6.92 Å². The maximum Gasteiger partial charge on any atom is 0.253 e. The zero-order valence-electron chi connectivity index (χ0n) is 18.9. The van der Waals surface area contributed by atoms with E-state index in [0.29, 0.717) is 36.5 Å². The Morgan fingerprint density at radius 3 is 2.34 bits per heavy atom. The third-order valence-corrected chi connectivity index (χ3v) is 6.04. The van der Waals surface area contributed by atoms with Crippen LogP contribution in [-0.4, -0.2) is 52.8 Å². The van der Waals surface area contributed by atoms with Crippen molar-refractivity contribution in [2.24, 2.45) is 0 Å². The minimum Gasteiger partial charge on any atom is -0.385 e. The predicted molar refractivity (Wildman–Crippen MR) is 126 cm³/mol. The number of carbonyl (C=O) groups excluding carboxylic acids is 2. The summed E-state index contributed by atoms with van der Waals surface area (Å²) in [5.74, 6) is -0.846. The Bertz CT molecular complexity index is 1020. The summed E-state index contributed by atoms with van der Waals surface area (Å²) in [7, 11) is -2.15. The Kier molecular flexibility index (Phi) is 9.22. The van der Waals surface area contributed by atoms with Crippen molar-refractivity contribution in [3.05, 3.63) is 59.7 Å². The van der Waals surface area contributed by atoms with E-state index in [0.717, 1.165) is 16.1 Å². The third kappa shape index (κ3) is 6.80. The summed E-state index contributed by atoms with van der Waals surface area (Å²) < 4.78 is 31.3. The number of carbonyl (C=O) groups is 2. The van der Waals surface area contributed by atoms with Gasteiger partial charge in [-0.05, 0) is 44.0 Å². The number of amides is 2. The van der Waals surface area contributed by atoms with Gasteiger partial charge in [-0.3, -0.25) is 13.9 Å². The van der Waals surface area contributed by atoms with Gasteiger partial charge in [-0.1, -0.05) is 36.8 Å². The Balaban J connectivity index is 2.27. The Morgan fingerprint density at radius 2 is 1.75 bits per heavy atom. The number of aryl methyl sites for hydroxylation is 1. The standard InChI is InChI=1S/C23H31N3O5S/c1-5-21(26(32(4,29)30)18-13-11-17(2)12-14-18)23(28)25-20-10-7-6-9-19(20)22(27)24-15-8-16-31-3/h6-7,9-14,21H,5,8,15-16H2,1-4H3,(H,24,27)(H,25,28). The minimum atomic E-state index is -3.74. The van der Waals surface area contributed by atoms with Gasteiger partial charge in [0.2, 0.25) is 15.9 Å². The molecular weight excluding hydrogens is 430 g/mol. The predicted octanol–water partition coefficient (Wildman–Crippen LogP) is 2.94. The van der Waals surface area contributed by atoms with E-state index in [2.05, 4.69) is 10.6 Å². The second-order valence-electron chi connectivity index (χ2n) is 7.46. The SMILES string of the molecule is CCC(C(=O)Nc1ccccc1C(=O)NCCCOC)N(c1ccc(C)cc1)S(C)(=O)=O. The number of nitrogens with one attached hydrogen (secondary N) is 2. The van der Waals surface area contributed by atoms with E-state index in [9.17, 15) is 18.0 Å². The molecule has 2 amide bonds. The fourth-order valence-electron chi connectivity index (χ4n) is 3.27. The van der Waals surface area contributed by atoms with E-state index in [1.165, 1.54) is 0 Å². The number of benzene rings is 2. The van der Waals surface area contributed by atoms with Crippen LogP contribution in [0.3, 0.4) is 0 Å². The lowest BCUT2D eigenvalue weighted by Crippen LogP contribution is -2.47. The number of methoxy groups -OCH3 is 1. The molecule has 2 N–H and O–H groups in total. The second-order valence-corrected chi connectivity index (χ2v) is 9.31. The minimum absolute atomic E-state index is 0.248. The lowest BCUT2D eigenvalue weighted by Gasteiger charge is -2.30. The van der Waals surface area contributed by atoms with E-state index >= 15 is 0 Å². The molecule has 0 saturated carbocycles. The van der Waals surface area contributed by atoms with Crippen LogP contribution in [0.4, 0.5) is 11.4 Å². The first-order valence-electron chi connectivity index (χ1n) is 10.4. The van der Waals surface area contributed by atoms with Crippen LogP contribution in [0.2, 0.25) is 0 Å². The number of nitrogens with zero attached hydrogens (tertiary/aromatic N) is 1. The number of hydrogen-bond acceptors (Lipinski definition) is 5.